The zero-order chi connectivity index (χ0) is 19.2. The maximum atomic E-state index is 13.0. The highest BCUT2D eigenvalue weighted by Crippen LogP contribution is 2.56. The van der Waals surface area contributed by atoms with Crippen molar-refractivity contribution in [2.45, 2.75) is 58.2 Å². The van der Waals surface area contributed by atoms with E-state index in [1.807, 2.05) is 25.7 Å². The third-order valence-electron chi connectivity index (χ3n) is 6.17. The molecule has 2 aliphatic heterocycles. The lowest BCUT2D eigenvalue weighted by atomic mass is 9.65. The van der Waals surface area contributed by atoms with Gasteiger partial charge in [-0.2, -0.15) is 0 Å². The van der Waals surface area contributed by atoms with Gasteiger partial charge in [0.15, 0.2) is 0 Å². The van der Waals surface area contributed by atoms with Crippen LogP contribution in [0.2, 0.25) is 0 Å². The number of anilines is 1. The second kappa shape index (κ2) is 6.43. The van der Waals surface area contributed by atoms with Gasteiger partial charge in [-0.15, -0.1) is 0 Å². The van der Waals surface area contributed by atoms with Gasteiger partial charge in [-0.05, 0) is 45.2 Å². The highest BCUT2D eigenvalue weighted by molar-refractivity contribution is 5.71. The molecule has 0 saturated carbocycles. The molecule has 27 heavy (non-hydrogen) atoms. The molecule has 1 N–H and O–H groups in total. The Morgan fingerprint density at radius 2 is 2.04 bits per heavy atom. The van der Waals surface area contributed by atoms with E-state index < -0.39 is 5.60 Å². The quantitative estimate of drug-likeness (QED) is 0.733. The predicted octanol–water partition coefficient (Wildman–Crippen LogP) is 5.30. The lowest BCUT2D eigenvalue weighted by Crippen LogP contribution is -2.51. The van der Waals surface area contributed by atoms with Crippen LogP contribution in [0.5, 0.6) is 0 Å². The Hall–Kier alpha value is -2.23. The van der Waals surface area contributed by atoms with Gasteiger partial charge < -0.3 is 15.0 Å². The van der Waals surface area contributed by atoms with Crippen molar-refractivity contribution in [1.29, 1.82) is 0 Å². The first kappa shape index (κ1) is 18.1. The van der Waals surface area contributed by atoms with Crippen LogP contribution in [0, 0.1) is 11.3 Å². The van der Waals surface area contributed by atoms with Crippen LogP contribution in [0.25, 0.3) is 0 Å². The second-order valence-corrected chi connectivity index (χ2v) is 9.25. The summed E-state index contributed by atoms with van der Waals surface area (Å²) in [4.78, 5) is 15.0. The number of rotatable bonds is 1. The van der Waals surface area contributed by atoms with E-state index in [-0.39, 0.29) is 23.6 Å². The van der Waals surface area contributed by atoms with E-state index in [4.69, 9.17) is 4.74 Å². The molecule has 144 valence electrons. The monoisotopic (exact) mass is 366 g/mol. The number of nitrogens with one attached hydrogen (secondary N) is 1. The average molecular weight is 367 g/mol. The Morgan fingerprint density at radius 1 is 1.26 bits per heavy atom. The molecule has 4 heteroatoms. The fourth-order valence-electron chi connectivity index (χ4n) is 4.99. The Labute approximate surface area is 162 Å². The molecule has 1 aromatic rings. The van der Waals surface area contributed by atoms with Crippen LogP contribution >= 0.6 is 0 Å². The minimum absolute atomic E-state index is 0.0362. The third kappa shape index (κ3) is 3.15. The maximum absolute atomic E-state index is 13.0. The van der Waals surface area contributed by atoms with Crippen LogP contribution in [0.1, 0.15) is 52.1 Å². The number of benzene rings is 1. The molecule has 2 heterocycles. The number of allylic oxidation sites excluding steroid dienone is 3. The molecule has 0 radical (unpaired) electrons. The molecule has 1 fully saturated rings. The van der Waals surface area contributed by atoms with E-state index in [0.29, 0.717) is 5.92 Å². The Bertz CT molecular complexity index is 792. The molecule has 4 atom stereocenters. The molecule has 1 saturated heterocycles. The van der Waals surface area contributed by atoms with Gasteiger partial charge in [0.25, 0.3) is 0 Å². The Kier molecular flexibility index (Phi) is 4.32. The number of nitrogens with zero attached hydrogens (tertiary/aromatic N) is 1. The van der Waals surface area contributed by atoms with Crippen molar-refractivity contribution in [2.24, 2.45) is 11.3 Å². The zero-order valence-electron chi connectivity index (χ0n) is 16.7. The van der Waals surface area contributed by atoms with Crippen molar-refractivity contribution < 1.29 is 9.53 Å². The highest BCUT2D eigenvalue weighted by atomic mass is 16.6. The lowest BCUT2D eigenvalue weighted by molar-refractivity contribution is 0.0137. The summed E-state index contributed by atoms with van der Waals surface area (Å²) in [6.45, 7) is 8.85. The number of hydrogen-bond acceptors (Lipinski definition) is 3. The van der Waals surface area contributed by atoms with Gasteiger partial charge in [0.05, 0.1) is 6.04 Å². The summed E-state index contributed by atoms with van der Waals surface area (Å²) in [6, 6.07) is 8.74. The molecule has 1 unspecified atom stereocenters. The number of likely N-dealkylation sites (tertiary alicyclic amines) is 1. The number of hydrogen-bond donors (Lipinski definition) is 1. The topological polar surface area (TPSA) is 41.6 Å². The second-order valence-electron chi connectivity index (χ2n) is 9.25. The van der Waals surface area contributed by atoms with Gasteiger partial charge in [-0.1, -0.05) is 49.4 Å². The fourth-order valence-corrected chi connectivity index (χ4v) is 4.99. The van der Waals surface area contributed by atoms with Crippen LogP contribution < -0.4 is 5.32 Å². The van der Waals surface area contributed by atoms with E-state index in [2.05, 4.69) is 60.8 Å². The van der Waals surface area contributed by atoms with Crippen LogP contribution in [0.4, 0.5) is 10.5 Å². The lowest BCUT2D eigenvalue weighted by Gasteiger charge is -2.49. The van der Waals surface area contributed by atoms with Gasteiger partial charge >= 0.3 is 6.09 Å². The smallest absolute Gasteiger partial charge is 0.410 e. The summed E-state index contributed by atoms with van der Waals surface area (Å²) >= 11 is 0. The number of amides is 1. The summed E-state index contributed by atoms with van der Waals surface area (Å²) in [5, 5.41) is 3.82. The summed E-state index contributed by atoms with van der Waals surface area (Å²) in [5.74, 6) is 0.425. The molecule has 1 amide bonds. The van der Waals surface area contributed by atoms with E-state index in [9.17, 15) is 4.79 Å². The normalized spacial score (nSPS) is 31.9. The summed E-state index contributed by atoms with van der Waals surface area (Å²) < 4.78 is 5.75. The number of carbonyl (C=O) groups is 1. The van der Waals surface area contributed by atoms with Gasteiger partial charge in [-0.25, -0.2) is 4.79 Å². The maximum Gasteiger partial charge on any atom is 0.410 e. The van der Waals surface area contributed by atoms with Crippen molar-refractivity contribution in [1.82, 2.24) is 4.90 Å². The van der Waals surface area contributed by atoms with Crippen molar-refractivity contribution in [3.8, 4) is 0 Å². The first-order valence-electron chi connectivity index (χ1n) is 9.98. The van der Waals surface area contributed by atoms with Gasteiger partial charge in [-0.3, -0.25) is 0 Å². The summed E-state index contributed by atoms with van der Waals surface area (Å²) in [6.07, 6.45) is 10.6. The molecule has 4 nitrogen and oxygen atoms in total. The van der Waals surface area contributed by atoms with Gasteiger partial charge in [0.2, 0.25) is 0 Å². The summed E-state index contributed by atoms with van der Waals surface area (Å²) in [5.41, 5.74) is 1.82. The highest BCUT2D eigenvalue weighted by Gasteiger charge is 2.56. The summed E-state index contributed by atoms with van der Waals surface area (Å²) in [7, 11) is 0. The number of fused-ring (bicyclic) bond motifs is 3. The molecule has 0 aromatic heterocycles. The van der Waals surface area contributed by atoms with Crippen molar-refractivity contribution in [3.63, 3.8) is 0 Å². The van der Waals surface area contributed by atoms with Crippen LogP contribution in [-0.4, -0.2) is 29.2 Å². The minimum Gasteiger partial charge on any atom is -0.444 e. The van der Waals surface area contributed by atoms with Crippen molar-refractivity contribution >= 4 is 11.8 Å². The third-order valence-corrected chi connectivity index (χ3v) is 6.17. The molecule has 0 spiro atoms. The molecular weight excluding hydrogens is 336 g/mol. The fraction of sp³-hybridized carbons (Fsp3) is 0.522. The Balaban J connectivity index is 1.73. The molecule has 3 aliphatic rings. The predicted molar refractivity (Wildman–Crippen MR) is 109 cm³/mol. The van der Waals surface area contributed by atoms with Crippen LogP contribution in [0.3, 0.4) is 0 Å². The van der Waals surface area contributed by atoms with E-state index in [1.54, 1.807) is 0 Å². The molecule has 4 rings (SSSR count). The number of para-hydroxylation sites is 1. The van der Waals surface area contributed by atoms with Crippen molar-refractivity contribution in [2.75, 3.05) is 11.9 Å². The molecular formula is C23H30N2O2. The zero-order valence-corrected chi connectivity index (χ0v) is 16.7. The first-order valence-corrected chi connectivity index (χ1v) is 9.98. The van der Waals surface area contributed by atoms with Crippen LogP contribution in [0.15, 0.2) is 48.6 Å². The molecule has 1 aromatic carbocycles. The standard InChI is InChI=1S/C23H30N2O2/c1-22(2,3)27-21(26)25-15-14-23(4)19(16-10-6-5-7-11-16)24-18-13-9-8-12-17(18)20(23)25/h5-10,12-13,16,19-20,24H,11,14-15H2,1-4H3/t16?,19-,20-,23+/m0/s1. The Morgan fingerprint density at radius 3 is 2.74 bits per heavy atom. The average Bonchev–Trinajstić information content (AvgIpc) is 2.99. The number of carbonyl (C=O) groups excluding carboxylic acids is 1. The van der Waals surface area contributed by atoms with Gasteiger partial charge in [0, 0.05) is 29.6 Å². The SMILES string of the molecule is CC(C)(C)OC(=O)N1CC[C@@]2(C)[C@@H]1c1ccccc1N[C@H]2C1C=CC=CC1. The van der Waals surface area contributed by atoms with Gasteiger partial charge in [0.1, 0.15) is 5.60 Å². The molecule has 0 bridgehead atoms. The van der Waals surface area contributed by atoms with Crippen LogP contribution in [-0.2, 0) is 4.74 Å². The largest absolute Gasteiger partial charge is 0.444 e. The minimum atomic E-state index is -0.487. The van der Waals surface area contributed by atoms with E-state index in [1.165, 1.54) is 5.56 Å². The first-order chi connectivity index (χ1) is 12.8. The van der Waals surface area contributed by atoms with E-state index in [0.717, 1.165) is 25.1 Å². The van der Waals surface area contributed by atoms with E-state index >= 15 is 0 Å². The van der Waals surface area contributed by atoms with Crippen molar-refractivity contribution in [3.05, 3.63) is 54.1 Å². The number of ether oxygens (including phenoxy) is 1. The molecule has 1 aliphatic carbocycles.